The number of benzene rings is 1. The molecule has 0 bridgehead atoms. The van der Waals surface area contributed by atoms with E-state index in [1.165, 1.54) is 11.8 Å². The van der Waals surface area contributed by atoms with Gasteiger partial charge in [-0.25, -0.2) is 4.98 Å². The van der Waals surface area contributed by atoms with Crippen molar-refractivity contribution in [3.05, 3.63) is 30.3 Å². The van der Waals surface area contributed by atoms with E-state index in [0.29, 0.717) is 10.9 Å². The minimum atomic E-state index is 0.589. The lowest BCUT2D eigenvalue weighted by Crippen LogP contribution is -1.79. The average molecular weight is 215 g/mol. The van der Waals surface area contributed by atoms with Crippen molar-refractivity contribution in [3.8, 4) is 23.7 Å². The smallest absolute Gasteiger partial charge is 0.209 e. The SMILES string of the molecule is C#CCSc1n[nH]c(-c2ccccc2)n1. The molecule has 0 aliphatic rings. The number of aromatic nitrogens is 3. The summed E-state index contributed by atoms with van der Waals surface area (Å²) in [6.07, 6.45) is 5.16. The van der Waals surface area contributed by atoms with Crippen molar-refractivity contribution < 1.29 is 0 Å². The van der Waals surface area contributed by atoms with Crippen LogP contribution in [0.25, 0.3) is 11.4 Å². The molecule has 1 heterocycles. The molecule has 3 nitrogen and oxygen atoms in total. The van der Waals surface area contributed by atoms with Crippen LogP contribution in [0.3, 0.4) is 0 Å². The number of hydrogen-bond acceptors (Lipinski definition) is 3. The molecule has 0 fully saturated rings. The van der Waals surface area contributed by atoms with Crippen LogP contribution in [0.15, 0.2) is 35.5 Å². The zero-order chi connectivity index (χ0) is 10.5. The fraction of sp³-hybridized carbons (Fsp3) is 0.0909. The Morgan fingerprint density at radius 2 is 2.13 bits per heavy atom. The van der Waals surface area contributed by atoms with Crippen LogP contribution in [0.4, 0.5) is 0 Å². The third-order valence-electron chi connectivity index (χ3n) is 1.80. The van der Waals surface area contributed by atoms with Gasteiger partial charge in [-0.1, -0.05) is 48.0 Å². The molecular formula is C11H9N3S. The van der Waals surface area contributed by atoms with Gasteiger partial charge in [-0.2, -0.15) is 0 Å². The van der Waals surface area contributed by atoms with E-state index >= 15 is 0 Å². The monoisotopic (exact) mass is 215 g/mol. The topological polar surface area (TPSA) is 41.6 Å². The van der Waals surface area contributed by atoms with E-state index in [2.05, 4.69) is 21.1 Å². The Bertz CT molecular complexity index is 470. The molecule has 0 atom stereocenters. The first-order chi connectivity index (χ1) is 7.40. The van der Waals surface area contributed by atoms with Crippen LogP contribution in [0.2, 0.25) is 0 Å². The molecule has 0 saturated carbocycles. The lowest BCUT2D eigenvalue weighted by molar-refractivity contribution is 0.975. The van der Waals surface area contributed by atoms with Crippen LogP contribution < -0.4 is 0 Å². The van der Waals surface area contributed by atoms with Crippen LogP contribution >= 0.6 is 11.8 Å². The normalized spacial score (nSPS) is 9.80. The summed E-state index contributed by atoms with van der Waals surface area (Å²) in [5, 5.41) is 7.63. The lowest BCUT2D eigenvalue weighted by atomic mass is 10.2. The molecule has 4 heteroatoms. The number of aromatic amines is 1. The summed E-state index contributed by atoms with van der Waals surface area (Å²) in [5.74, 6) is 3.90. The summed E-state index contributed by atoms with van der Waals surface area (Å²) < 4.78 is 0. The van der Waals surface area contributed by atoms with Crippen LogP contribution in [-0.2, 0) is 0 Å². The van der Waals surface area contributed by atoms with Crippen molar-refractivity contribution in [2.75, 3.05) is 5.75 Å². The van der Waals surface area contributed by atoms with Crippen LogP contribution in [0, 0.1) is 12.3 Å². The molecule has 2 aromatic rings. The first-order valence-electron chi connectivity index (χ1n) is 4.44. The van der Waals surface area contributed by atoms with Gasteiger partial charge in [-0.05, 0) is 0 Å². The van der Waals surface area contributed by atoms with E-state index in [1.54, 1.807) is 0 Å². The second-order valence-electron chi connectivity index (χ2n) is 2.83. The van der Waals surface area contributed by atoms with E-state index in [9.17, 15) is 0 Å². The van der Waals surface area contributed by atoms with Crippen molar-refractivity contribution in [1.82, 2.24) is 15.2 Å². The Kier molecular flexibility index (Phi) is 3.05. The first-order valence-corrected chi connectivity index (χ1v) is 5.43. The Labute approximate surface area is 92.3 Å². The van der Waals surface area contributed by atoms with Crippen molar-refractivity contribution in [3.63, 3.8) is 0 Å². The number of thioether (sulfide) groups is 1. The van der Waals surface area contributed by atoms with Gasteiger partial charge in [0.1, 0.15) is 0 Å². The van der Waals surface area contributed by atoms with Gasteiger partial charge in [0.2, 0.25) is 5.16 Å². The maximum Gasteiger partial charge on any atom is 0.209 e. The number of rotatable bonds is 3. The third-order valence-corrected chi connectivity index (χ3v) is 2.55. The highest BCUT2D eigenvalue weighted by molar-refractivity contribution is 7.99. The van der Waals surface area contributed by atoms with Crippen molar-refractivity contribution >= 4 is 11.8 Å². The van der Waals surface area contributed by atoms with Crippen LogP contribution in [0.5, 0.6) is 0 Å². The fourth-order valence-electron chi connectivity index (χ4n) is 1.14. The molecule has 15 heavy (non-hydrogen) atoms. The standard InChI is InChI=1S/C11H9N3S/c1-2-8-15-11-12-10(13-14-11)9-6-4-3-5-7-9/h1,3-7H,8H2,(H,12,13,14). The second kappa shape index (κ2) is 4.67. The van der Waals surface area contributed by atoms with Gasteiger partial charge in [-0.3, -0.25) is 5.10 Å². The Hall–Kier alpha value is -1.73. The summed E-state index contributed by atoms with van der Waals surface area (Å²) in [5.41, 5.74) is 1.03. The highest BCUT2D eigenvalue weighted by atomic mass is 32.2. The quantitative estimate of drug-likeness (QED) is 0.630. The van der Waals surface area contributed by atoms with Crippen LogP contribution in [-0.4, -0.2) is 20.9 Å². The predicted molar refractivity (Wildman–Crippen MR) is 61.4 cm³/mol. The molecule has 0 spiro atoms. The Balaban J connectivity index is 2.18. The van der Waals surface area contributed by atoms with E-state index in [1.807, 2.05) is 30.3 Å². The Morgan fingerprint density at radius 3 is 2.87 bits per heavy atom. The van der Waals surface area contributed by atoms with Gasteiger partial charge in [0, 0.05) is 5.56 Å². The largest absolute Gasteiger partial charge is 0.258 e. The van der Waals surface area contributed by atoms with E-state index in [-0.39, 0.29) is 0 Å². The fourth-order valence-corrected chi connectivity index (χ4v) is 1.62. The highest BCUT2D eigenvalue weighted by Crippen LogP contribution is 2.17. The molecule has 2 rings (SSSR count). The molecular weight excluding hydrogens is 206 g/mol. The zero-order valence-corrected chi connectivity index (χ0v) is 8.79. The summed E-state index contributed by atoms with van der Waals surface area (Å²) in [6.45, 7) is 0. The zero-order valence-electron chi connectivity index (χ0n) is 7.97. The summed E-state index contributed by atoms with van der Waals surface area (Å²) in [7, 11) is 0. The number of nitrogens with one attached hydrogen (secondary N) is 1. The lowest BCUT2D eigenvalue weighted by Gasteiger charge is -1.92. The van der Waals surface area contributed by atoms with Gasteiger partial charge < -0.3 is 0 Å². The maximum atomic E-state index is 5.16. The first kappa shape index (κ1) is 9.81. The molecule has 1 aromatic carbocycles. The maximum absolute atomic E-state index is 5.16. The molecule has 0 unspecified atom stereocenters. The van der Waals surface area contributed by atoms with E-state index < -0.39 is 0 Å². The van der Waals surface area contributed by atoms with E-state index in [4.69, 9.17) is 6.42 Å². The molecule has 1 aromatic heterocycles. The van der Waals surface area contributed by atoms with Crippen LogP contribution in [0.1, 0.15) is 0 Å². The van der Waals surface area contributed by atoms with E-state index in [0.717, 1.165) is 11.4 Å². The summed E-state index contributed by atoms with van der Waals surface area (Å²) in [4.78, 5) is 4.32. The number of H-pyrrole nitrogens is 1. The van der Waals surface area contributed by atoms with Crippen molar-refractivity contribution in [1.29, 1.82) is 0 Å². The van der Waals surface area contributed by atoms with Gasteiger partial charge in [0.15, 0.2) is 5.82 Å². The minimum Gasteiger partial charge on any atom is -0.258 e. The molecule has 1 N–H and O–H groups in total. The van der Waals surface area contributed by atoms with Gasteiger partial charge in [0.05, 0.1) is 5.75 Å². The number of hydrogen-bond donors (Lipinski definition) is 1. The second-order valence-corrected chi connectivity index (χ2v) is 3.77. The molecule has 0 aliphatic carbocycles. The predicted octanol–water partition coefficient (Wildman–Crippen LogP) is 2.20. The van der Waals surface area contributed by atoms with Gasteiger partial charge in [-0.15, -0.1) is 11.5 Å². The molecule has 0 aliphatic heterocycles. The molecule has 0 amide bonds. The van der Waals surface area contributed by atoms with Gasteiger partial charge in [0.25, 0.3) is 0 Å². The number of nitrogens with zero attached hydrogens (tertiary/aromatic N) is 2. The summed E-state index contributed by atoms with van der Waals surface area (Å²) in [6, 6.07) is 9.86. The minimum absolute atomic E-state index is 0.589. The number of terminal acetylenes is 1. The highest BCUT2D eigenvalue weighted by Gasteiger charge is 2.04. The summed E-state index contributed by atoms with van der Waals surface area (Å²) >= 11 is 1.45. The Morgan fingerprint density at radius 1 is 1.33 bits per heavy atom. The molecule has 0 saturated heterocycles. The van der Waals surface area contributed by atoms with Crippen molar-refractivity contribution in [2.45, 2.75) is 5.16 Å². The molecule has 0 radical (unpaired) electrons. The average Bonchev–Trinajstić information content (AvgIpc) is 2.76. The third kappa shape index (κ3) is 2.39. The van der Waals surface area contributed by atoms with Gasteiger partial charge >= 0.3 is 0 Å². The molecule has 74 valence electrons. The van der Waals surface area contributed by atoms with Crippen molar-refractivity contribution in [2.24, 2.45) is 0 Å².